The largest absolute Gasteiger partial charge is 0.487 e. The lowest BCUT2D eigenvalue weighted by atomic mass is 9.99. The van der Waals surface area contributed by atoms with Crippen LogP contribution in [0.1, 0.15) is 32.8 Å². The summed E-state index contributed by atoms with van der Waals surface area (Å²) < 4.78 is 5.53. The van der Waals surface area contributed by atoms with E-state index in [-0.39, 0.29) is 24.1 Å². The van der Waals surface area contributed by atoms with E-state index in [1.165, 1.54) is 0 Å². The molecular weight excluding hydrogens is 270 g/mol. The van der Waals surface area contributed by atoms with E-state index in [1.54, 1.807) is 32.0 Å². The van der Waals surface area contributed by atoms with Crippen molar-refractivity contribution >= 4 is 5.69 Å². The normalized spacial score (nSPS) is 13.5. The van der Waals surface area contributed by atoms with E-state index in [2.05, 4.69) is 11.4 Å². The molecule has 0 heterocycles. The highest BCUT2D eigenvalue weighted by Gasteiger charge is 2.25. The van der Waals surface area contributed by atoms with Crippen LogP contribution < -0.4 is 10.1 Å². The van der Waals surface area contributed by atoms with Gasteiger partial charge in [0.05, 0.1) is 17.6 Å². The summed E-state index contributed by atoms with van der Waals surface area (Å²) in [6, 6.07) is 7.35. The molecule has 0 amide bonds. The van der Waals surface area contributed by atoms with E-state index < -0.39 is 10.5 Å². The number of nitriles is 1. The van der Waals surface area contributed by atoms with Gasteiger partial charge in [0, 0.05) is 18.0 Å². The molecule has 1 aromatic carbocycles. The molecule has 1 aromatic rings. The molecule has 0 saturated heterocycles. The summed E-state index contributed by atoms with van der Waals surface area (Å²) >= 11 is 0. The Bertz CT molecular complexity index is 552. The first-order chi connectivity index (χ1) is 9.79. The summed E-state index contributed by atoms with van der Waals surface area (Å²) in [5.41, 5.74) is -0.180. The van der Waals surface area contributed by atoms with Crippen LogP contribution in [0.2, 0.25) is 0 Å². The first kappa shape index (κ1) is 16.9. The fraction of sp³-hybridized carbons (Fsp3) is 0.533. The van der Waals surface area contributed by atoms with Gasteiger partial charge in [-0.1, -0.05) is 12.1 Å². The highest BCUT2D eigenvalue weighted by atomic mass is 16.6. The van der Waals surface area contributed by atoms with Gasteiger partial charge >= 0.3 is 5.69 Å². The Morgan fingerprint density at radius 2 is 2.19 bits per heavy atom. The zero-order valence-corrected chi connectivity index (χ0v) is 12.8. The number of hydrogen-bond donors (Lipinski definition) is 1. The summed E-state index contributed by atoms with van der Waals surface area (Å²) in [4.78, 5) is 10.6. The predicted octanol–water partition coefficient (Wildman–Crippen LogP) is 2.95. The van der Waals surface area contributed by atoms with Crippen molar-refractivity contribution < 1.29 is 9.66 Å². The lowest BCUT2D eigenvalue weighted by molar-refractivity contribution is -0.386. The average Bonchev–Trinajstić information content (AvgIpc) is 2.37. The van der Waals surface area contributed by atoms with Crippen LogP contribution in [0.3, 0.4) is 0 Å². The van der Waals surface area contributed by atoms with E-state index in [1.807, 2.05) is 13.8 Å². The molecule has 1 rings (SSSR count). The van der Waals surface area contributed by atoms with E-state index in [4.69, 9.17) is 4.74 Å². The van der Waals surface area contributed by atoms with Gasteiger partial charge in [0.2, 0.25) is 0 Å². The van der Waals surface area contributed by atoms with Gasteiger partial charge in [0.1, 0.15) is 5.54 Å². The molecule has 0 aromatic heterocycles. The summed E-state index contributed by atoms with van der Waals surface area (Å²) in [5.74, 6) is 0.241. The fourth-order valence-electron chi connectivity index (χ4n) is 2.15. The van der Waals surface area contributed by atoms with Gasteiger partial charge in [-0.05, 0) is 33.8 Å². The molecule has 6 nitrogen and oxygen atoms in total. The zero-order chi connectivity index (χ0) is 16.0. The molecule has 0 spiro atoms. The number of aryl methyl sites for hydroxylation is 1. The molecule has 1 unspecified atom stereocenters. The van der Waals surface area contributed by atoms with E-state index in [0.29, 0.717) is 12.0 Å². The van der Waals surface area contributed by atoms with E-state index in [0.717, 1.165) is 0 Å². The number of hydrogen-bond acceptors (Lipinski definition) is 5. The Hall–Kier alpha value is -2.13. The maximum atomic E-state index is 11.1. The number of ether oxygens (including phenoxy) is 1. The van der Waals surface area contributed by atoms with Gasteiger partial charge in [-0.2, -0.15) is 5.26 Å². The molecule has 1 N–H and O–H groups in total. The smallest absolute Gasteiger partial charge is 0.313 e. The van der Waals surface area contributed by atoms with Crippen LogP contribution >= 0.6 is 0 Å². The molecule has 0 aliphatic carbocycles. The molecule has 0 radical (unpaired) electrons. The van der Waals surface area contributed by atoms with E-state index >= 15 is 0 Å². The number of rotatable bonds is 7. The second-order valence-corrected chi connectivity index (χ2v) is 5.52. The van der Waals surface area contributed by atoms with Crippen LogP contribution in [0.4, 0.5) is 5.69 Å². The number of para-hydroxylation sites is 1. The highest BCUT2D eigenvalue weighted by molar-refractivity contribution is 5.52. The first-order valence-corrected chi connectivity index (χ1v) is 6.85. The number of benzene rings is 1. The van der Waals surface area contributed by atoms with Crippen molar-refractivity contribution in [3.05, 3.63) is 33.9 Å². The van der Waals surface area contributed by atoms with Crippen molar-refractivity contribution in [3.63, 3.8) is 0 Å². The van der Waals surface area contributed by atoms with Crippen molar-refractivity contribution in [1.29, 1.82) is 5.26 Å². The minimum absolute atomic E-state index is 0.0204. The molecule has 0 bridgehead atoms. The topological polar surface area (TPSA) is 88.2 Å². The molecule has 0 fully saturated rings. The SMILES string of the molecule is Cc1cccc(OCCC(C)(C#N)NC(C)C)c1[N+](=O)[O-]. The number of nitro groups is 1. The van der Waals surface area contributed by atoms with Crippen molar-refractivity contribution in [2.45, 2.75) is 45.7 Å². The van der Waals surface area contributed by atoms with Gasteiger partial charge in [-0.3, -0.25) is 15.4 Å². The third kappa shape index (κ3) is 4.72. The molecule has 0 saturated carbocycles. The maximum Gasteiger partial charge on any atom is 0.313 e. The van der Waals surface area contributed by atoms with Crippen LogP contribution in [-0.2, 0) is 0 Å². The number of nitrogens with zero attached hydrogens (tertiary/aromatic N) is 2. The molecule has 6 heteroatoms. The Morgan fingerprint density at radius 3 is 2.71 bits per heavy atom. The van der Waals surface area contributed by atoms with Crippen LogP contribution in [0.5, 0.6) is 5.75 Å². The second kappa shape index (κ2) is 7.04. The lowest BCUT2D eigenvalue weighted by Crippen LogP contribution is -2.45. The van der Waals surface area contributed by atoms with Gasteiger partial charge in [-0.15, -0.1) is 0 Å². The minimum Gasteiger partial charge on any atom is -0.487 e. The standard InChI is InChI=1S/C15H21N3O3/c1-11(2)17-15(4,10-16)8-9-21-13-7-5-6-12(3)14(13)18(19)20/h5-7,11,17H,8-9H2,1-4H3. The lowest BCUT2D eigenvalue weighted by Gasteiger charge is -2.25. The fourth-order valence-corrected chi connectivity index (χ4v) is 2.15. The van der Waals surface area contributed by atoms with Gasteiger partial charge in [0.15, 0.2) is 5.75 Å². The molecular formula is C15H21N3O3. The third-order valence-corrected chi connectivity index (χ3v) is 3.10. The Morgan fingerprint density at radius 1 is 1.52 bits per heavy atom. The molecule has 114 valence electrons. The Balaban J connectivity index is 2.75. The number of nitrogens with one attached hydrogen (secondary N) is 1. The summed E-state index contributed by atoms with van der Waals surface area (Å²) in [6.07, 6.45) is 0.437. The van der Waals surface area contributed by atoms with Crippen LogP contribution in [0.15, 0.2) is 18.2 Å². The monoisotopic (exact) mass is 291 g/mol. The van der Waals surface area contributed by atoms with Crippen molar-refractivity contribution in [1.82, 2.24) is 5.32 Å². The first-order valence-electron chi connectivity index (χ1n) is 6.85. The van der Waals surface area contributed by atoms with Crippen LogP contribution in [0, 0.1) is 28.4 Å². The zero-order valence-electron chi connectivity index (χ0n) is 12.8. The quantitative estimate of drug-likeness (QED) is 0.616. The summed E-state index contributed by atoms with van der Waals surface area (Å²) in [6.45, 7) is 7.61. The average molecular weight is 291 g/mol. The molecule has 0 aliphatic rings. The van der Waals surface area contributed by atoms with Gasteiger partial charge < -0.3 is 4.74 Å². The highest BCUT2D eigenvalue weighted by Crippen LogP contribution is 2.30. The van der Waals surface area contributed by atoms with Crippen LogP contribution in [-0.4, -0.2) is 23.1 Å². The Labute approximate surface area is 124 Å². The van der Waals surface area contributed by atoms with Crippen molar-refractivity contribution in [2.24, 2.45) is 0 Å². The maximum absolute atomic E-state index is 11.1. The third-order valence-electron chi connectivity index (χ3n) is 3.10. The van der Waals surface area contributed by atoms with Gasteiger partial charge in [0.25, 0.3) is 0 Å². The van der Waals surface area contributed by atoms with Crippen molar-refractivity contribution in [2.75, 3.05) is 6.61 Å². The van der Waals surface area contributed by atoms with E-state index in [9.17, 15) is 15.4 Å². The molecule has 1 atom stereocenters. The van der Waals surface area contributed by atoms with Gasteiger partial charge in [-0.25, -0.2) is 0 Å². The molecule has 21 heavy (non-hydrogen) atoms. The van der Waals surface area contributed by atoms with Crippen molar-refractivity contribution in [3.8, 4) is 11.8 Å². The summed E-state index contributed by atoms with van der Waals surface area (Å²) in [7, 11) is 0. The second-order valence-electron chi connectivity index (χ2n) is 5.52. The van der Waals surface area contributed by atoms with Crippen LogP contribution in [0.25, 0.3) is 0 Å². The minimum atomic E-state index is -0.716. The molecule has 0 aliphatic heterocycles. The predicted molar refractivity (Wildman–Crippen MR) is 80.2 cm³/mol. The summed E-state index contributed by atoms with van der Waals surface area (Å²) in [5, 5.41) is 23.5. The number of nitro benzene ring substituents is 1. The Kier molecular flexibility index (Phi) is 5.68.